The first-order valence-electron chi connectivity index (χ1n) is 8.43. The van der Waals surface area contributed by atoms with Crippen molar-refractivity contribution in [3.05, 3.63) is 18.1 Å². The number of esters is 1. The fraction of sp³-hybridized carbons (Fsp3) is 0.706. The van der Waals surface area contributed by atoms with Crippen LogP contribution in [0.2, 0.25) is 0 Å². The molecule has 2 rings (SSSR count). The number of hydrogen-bond donors (Lipinski definition) is 0. The summed E-state index contributed by atoms with van der Waals surface area (Å²) in [4.78, 5) is 22.9. The molecule has 0 saturated carbocycles. The molecule has 0 radical (unpaired) electrons. The third kappa shape index (κ3) is 3.96. The maximum absolute atomic E-state index is 11.8. The van der Waals surface area contributed by atoms with Crippen LogP contribution < -0.4 is 4.90 Å². The van der Waals surface area contributed by atoms with Crippen molar-refractivity contribution in [2.75, 3.05) is 24.6 Å². The summed E-state index contributed by atoms with van der Waals surface area (Å²) in [6, 6.07) is 2.11. The van der Waals surface area contributed by atoms with Crippen LogP contribution in [-0.4, -0.2) is 35.6 Å². The van der Waals surface area contributed by atoms with Crippen molar-refractivity contribution < 1.29 is 9.53 Å². The number of carbonyl (C=O) groups excluding carboxylic acids is 1. The first kappa shape index (κ1) is 16.7. The highest BCUT2D eigenvalue weighted by molar-refractivity contribution is 5.72. The topological polar surface area (TPSA) is 55.3 Å². The second-order valence-electron chi connectivity index (χ2n) is 5.83. The average molecular weight is 305 g/mol. The summed E-state index contributed by atoms with van der Waals surface area (Å²) >= 11 is 0. The Morgan fingerprint density at radius 3 is 2.55 bits per heavy atom. The molecule has 0 aromatic carbocycles. The molecule has 122 valence electrons. The van der Waals surface area contributed by atoms with Gasteiger partial charge >= 0.3 is 5.97 Å². The van der Waals surface area contributed by atoms with E-state index in [-0.39, 0.29) is 11.9 Å². The minimum Gasteiger partial charge on any atom is -0.466 e. The number of carbonyl (C=O) groups is 1. The molecule has 0 aliphatic carbocycles. The van der Waals surface area contributed by atoms with Crippen LogP contribution in [0.4, 0.5) is 5.82 Å². The Morgan fingerprint density at radius 2 is 1.95 bits per heavy atom. The molecule has 5 heteroatoms. The average Bonchev–Trinajstić information content (AvgIpc) is 2.57. The molecule has 1 aromatic rings. The predicted octanol–water partition coefficient (Wildman–Crippen LogP) is 3.16. The molecule has 0 amide bonds. The number of nitrogens with zero attached hydrogens (tertiary/aromatic N) is 3. The maximum Gasteiger partial charge on any atom is 0.309 e. The smallest absolute Gasteiger partial charge is 0.309 e. The van der Waals surface area contributed by atoms with Crippen molar-refractivity contribution in [1.82, 2.24) is 9.97 Å². The molecule has 5 nitrogen and oxygen atoms in total. The van der Waals surface area contributed by atoms with Crippen LogP contribution in [0.5, 0.6) is 0 Å². The lowest BCUT2D eigenvalue weighted by Crippen LogP contribution is -2.37. The summed E-state index contributed by atoms with van der Waals surface area (Å²) in [7, 11) is 0. The second kappa shape index (κ2) is 8.11. The van der Waals surface area contributed by atoms with Gasteiger partial charge in [0, 0.05) is 30.8 Å². The first-order chi connectivity index (χ1) is 10.7. The molecule has 0 unspecified atom stereocenters. The van der Waals surface area contributed by atoms with E-state index in [1.54, 1.807) is 6.33 Å². The van der Waals surface area contributed by atoms with Gasteiger partial charge in [-0.25, -0.2) is 9.97 Å². The van der Waals surface area contributed by atoms with E-state index < -0.39 is 0 Å². The molecule has 0 bridgehead atoms. The third-order valence-electron chi connectivity index (χ3n) is 4.52. The number of rotatable bonds is 6. The van der Waals surface area contributed by atoms with E-state index in [1.165, 1.54) is 0 Å². The molecule has 2 heterocycles. The molecule has 0 N–H and O–H groups in total. The van der Waals surface area contributed by atoms with Crippen molar-refractivity contribution in [3.63, 3.8) is 0 Å². The number of anilines is 1. The zero-order valence-electron chi connectivity index (χ0n) is 13.9. The fourth-order valence-electron chi connectivity index (χ4n) is 3.07. The van der Waals surface area contributed by atoms with Crippen LogP contribution in [0, 0.1) is 5.92 Å². The lowest BCUT2D eigenvalue weighted by atomic mass is 9.96. The second-order valence-corrected chi connectivity index (χ2v) is 5.83. The Balaban J connectivity index is 1.99. The predicted molar refractivity (Wildman–Crippen MR) is 86.9 cm³/mol. The molecule has 1 aliphatic rings. The van der Waals surface area contributed by atoms with Gasteiger partial charge in [0.15, 0.2) is 0 Å². The monoisotopic (exact) mass is 305 g/mol. The Hall–Kier alpha value is -1.65. The van der Waals surface area contributed by atoms with Gasteiger partial charge in [-0.3, -0.25) is 4.79 Å². The SMILES string of the molecule is CCOC(=O)C1CCN(c2cc(C(CC)CC)ncn2)CC1. The van der Waals surface area contributed by atoms with Gasteiger partial charge in [-0.2, -0.15) is 0 Å². The number of aromatic nitrogens is 2. The largest absolute Gasteiger partial charge is 0.466 e. The zero-order chi connectivity index (χ0) is 15.9. The van der Waals surface area contributed by atoms with E-state index in [0.717, 1.165) is 50.3 Å². The first-order valence-corrected chi connectivity index (χ1v) is 8.43. The van der Waals surface area contributed by atoms with Crippen molar-refractivity contribution >= 4 is 11.8 Å². The van der Waals surface area contributed by atoms with Crippen LogP contribution in [-0.2, 0) is 9.53 Å². The van der Waals surface area contributed by atoms with Crippen molar-refractivity contribution in [1.29, 1.82) is 0 Å². The van der Waals surface area contributed by atoms with Gasteiger partial charge in [-0.1, -0.05) is 13.8 Å². The molecule has 22 heavy (non-hydrogen) atoms. The number of piperidine rings is 1. The van der Waals surface area contributed by atoms with Gasteiger partial charge in [-0.05, 0) is 32.6 Å². The van der Waals surface area contributed by atoms with E-state index in [9.17, 15) is 4.79 Å². The molecule has 0 spiro atoms. The van der Waals surface area contributed by atoms with Gasteiger partial charge in [0.25, 0.3) is 0 Å². The van der Waals surface area contributed by atoms with E-state index in [2.05, 4.69) is 34.8 Å². The summed E-state index contributed by atoms with van der Waals surface area (Å²) in [5.74, 6) is 1.47. The van der Waals surface area contributed by atoms with Crippen LogP contribution >= 0.6 is 0 Å². The molecular formula is C17H27N3O2. The quantitative estimate of drug-likeness (QED) is 0.756. The van der Waals surface area contributed by atoms with Crippen molar-refractivity contribution in [2.45, 2.75) is 52.4 Å². The zero-order valence-corrected chi connectivity index (χ0v) is 13.9. The Bertz CT molecular complexity index is 481. The molecule has 1 aliphatic heterocycles. The van der Waals surface area contributed by atoms with E-state index in [4.69, 9.17) is 4.74 Å². The molecular weight excluding hydrogens is 278 g/mol. The van der Waals surface area contributed by atoms with Crippen molar-refractivity contribution in [3.8, 4) is 0 Å². The minimum atomic E-state index is -0.0532. The standard InChI is InChI=1S/C17H27N3O2/c1-4-13(5-2)15-11-16(19-12-18-15)20-9-7-14(8-10-20)17(21)22-6-3/h11-14H,4-10H2,1-3H3. The van der Waals surface area contributed by atoms with Gasteiger partial charge in [0.05, 0.1) is 12.5 Å². The van der Waals surface area contributed by atoms with E-state index in [0.29, 0.717) is 12.5 Å². The lowest BCUT2D eigenvalue weighted by Gasteiger charge is -2.32. The van der Waals surface area contributed by atoms with Gasteiger partial charge in [-0.15, -0.1) is 0 Å². The fourth-order valence-corrected chi connectivity index (χ4v) is 3.07. The molecule has 1 saturated heterocycles. The highest BCUT2D eigenvalue weighted by Crippen LogP contribution is 2.26. The summed E-state index contributed by atoms with van der Waals surface area (Å²) in [5.41, 5.74) is 1.13. The van der Waals surface area contributed by atoms with Crippen LogP contribution in [0.25, 0.3) is 0 Å². The maximum atomic E-state index is 11.8. The van der Waals surface area contributed by atoms with Gasteiger partial charge in [0.1, 0.15) is 12.1 Å². The molecule has 1 aromatic heterocycles. The van der Waals surface area contributed by atoms with Gasteiger partial charge in [0.2, 0.25) is 0 Å². The summed E-state index contributed by atoms with van der Waals surface area (Å²) in [6.07, 6.45) is 5.53. The third-order valence-corrected chi connectivity index (χ3v) is 4.52. The highest BCUT2D eigenvalue weighted by atomic mass is 16.5. The normalized spacial score (nSPS) is 16.1. The van der Waals surface area contributed by atoms with Crippen LogP contribution in [0.3, 0.4) is 0 Å². The molecule has 1 fully saturated rings. The Labute approximate surface area is 133 Å². The minimum absolute atomic E-state index is 0.0385. The summed E-state index contributed by atoms with van der Waals surface area (Å²) in [5, 5.41) is 0. The summed E-state index contributed by atoms with van der Waals surface area (Å²) in [6.45, 7) is 8.41. The Kier molecular flexibility index (Phi) is 6.16. The van der Waals surface area contributed by atoms with Crippen LogP contribution in [0.1, 0.15) is 58.1 Å². The van der Waals surface area contributed by atoms with E-state index >= 15 is 0 Å². The van der Waals surface area contributed by atoms with Crippen LogP contribution in [0.15, 0.2) is 12.4 Å². The van der Waals surface area contributed by atoms with E-state index in [1.807, 2.05) is 6.92 Å². The van der Waals surface area contributed by atoms with Gasteiger partial charge < -0.3 is 9.64 Å². The summed E-state index contributed by atoms with van der Waals surface area (Å²) < 4.78 is 5.12. The Morgan fingerprint density at radius 1 is 1.27 bits per heavy atom. The number of hydrogen-bond acceptors (Lipinski definition) is 5. The molecule has 0 atom stereocenters. The highest BCUT2D eigenvalue weighted by Gasteiger charge is 2.26. The number of ether oxygens (including phenoxy) is 1. The van der Waals surface area contributed by atoms with Crippen molar-refractivity contribution in [2.24, 2.45) is 5.92 Å². The lowest BCUT2D eigenvalue weighted by molar-refractivity contribution is -0.148.